The number of aryl methyl sites for hydroxylation is 1. The van der Waals surface area contributed by atoms with Crippen LogP contribution in [0.25, 0.3) is 0 Å². The number of carbonyl (C=O) groups is 1. The second-order valence-corrected chi connectivity index (χ2v) is 5.38. The lowest BCUT2D eigenvalue weighted by molar-refractivity contribution is -0.127. The molecule has 0 aliphatic rings. The van der Waals surface area contributed by atoms with E-state index in [-0.39, 0.29) is 12.5 Å². The van der Waals surface area contributed by atoms with E-state index in [2.05, 4.69) is 25.9 Å². The van der Waals surface area contributed by atoms with Crippen LogP contribution in [0.4, 0.5) is 0 Å². The molecular formula is C15H29N7O2. The Morgan fingerprint density at radius 2 is 2.04 bits per heavy atom. The maximum atomic E-state index is 11.7. The molecule has 0 radical (unpaired) electrons. The van der Waals surface area contributed by atoms with Gasteiger partial charge in [0, 0.05) is 53.1 Å². The van der Waals surface area contributed by atoms with Gasteiger partial charge in [0.15, 0.2) is 5.96 Å². The van der Waals surface area contributed by atoms with Crippen LogP contribution in [0.3, 0.4) is 0 Å². The van der Waals surface area contributed by atoms with E-state index in [1.54, 1.807) is 25.0 Å². The highest BCUT2D eigenvalue weighted by Gasteiger charge is 2.04. The van der Waals surface area contributed by atoms with Crippen LogP contribution in [-0.4, -0.2) is 78.7 Å². The minimum atomic E-state index is -0.0342. The molecular weight excluding hydrogens is 310 g/mol. The summed E-state index contributed by atoms with van der Waals surface area (Å²) in [4.78, 5) is 17.5. The molecule has 1 heterocycles. The van der Waals surface area contributed by atoms with Crippen molar-refractivity contribution >= 4 is 11.9 Å². The molecule has 0 bridgehead atoms. The summed E-state index contributed by atoms with van der Waals surface area (Å²) in [6.07, 6.45) is 5.25. The van der Waals surface area contributed by atoms with E-state index < -0.39 is 0 Å². The second kappa shape index (κ2) is 12.3. The Kier molecular flexibility index (Phi) is 10.2. The Bertz CT molecular complexity index is 474. The number of rotatable bonds is 11. The quantitative estimate of drug-likeness (QED) is 0.327. The van der Waals surface area contributed by atoms with Gasteiger partial charge in [0.05, 0.1) is 6.20 Å². The van der Waals surface area contributed by atoms with Crippen LogP contribution in [0.15, 0.2) is 17.4 Å². The third kappa shape index (κ3) is 9.09. The van der Waals surface area contributed by atoms with Crippen molar-refractivity contribution in [2.45, 2.75) is 26.3 Å². The number of aliphatic imine (C=N–C) groups is 1. The van der Waals surface area contributed by atoms with Crippen molar-refractivity contribution in [1.29, 1.82) is 0 Å². The Labute approximate surface area is 143 Å². The van der Waals surface area contributed by atoms with Crippen LogP contribution in [0, 0.1) is 0 Å². The first-order valence-electron chi connectivity index (χ1n) is 8.27. The maximum Gasteiger partial charge on any atom is 0.243 e. The van der Waals surface area contributed by atoms with Crippen LogP contribution < -0.4 is 10.6 Å². The zero-order chi connectivity index (χ0) is 17.6. The van der Waals surface area contributed by atoms with Crippen LogP contribution in [0.5, 0.6) is 0 Å². The number of likely N-dealkylation sites (N-methyl/N-ethyl adjacent to an activating group) is 1. The fourth-order valence-corrected chi connectivity index (χ4v) is 1.79. The van der Waals surface area contributed by atoms with Crippen molar-refractivity contribution in [2.24, 2.45) is 4.99 Å². The van der Waals surface area contributed by atoms with Gasteiger partial charge in [-0.25, -0.2) is 4.99 Å². The van der Waals surface area contributed by atoms with Crippen molar-refractivity contribution in [3.8, 4) is 0 Å². The third-order valence-corrected chi connectivity index (χ3v) is 3.16. The first-order valence-corrected chi connectivity index (χ1v) is 8.27. The Morgan fingerprint density at radius 1 is 1.29 bits per heavy atom. The summed E-state index contributed by atoms with van der Waals surface area (Å²) in [5.41, 5.74) is 0. The van der Waals surface area contributed by atoms with Gasteiger partial charge in [-0.3, -0.25) is 9.48 Å². The van der Waals surface area contributed by atoms with E-state index in [1.807, 2.05) is 13.1 Å². The highest BCUT2D eigenvalue weighted by molar-refractivity contribution is 5.84. The number of ether oxygens (including phenoxy) is 1. The average molecular weight is 339 g/mol. The number of hydrogen-bond acceptors (Lipinski definition) is 5. The minimum absolute atomic E-state index is 0.0342. The van der Waals surface area contributed by atoms with Crippen LogP contribution in [0.1, 0.15) is 19.8 Å². The predicted molar refractivity (Wildman–Crippen MR) is 92.8 cm³/mol. The summed E-state index contributed by atoms with van der Waals surface area (Å²) < 4.78 is 7.09. The molecule has 0 aliphatic carbocycles. The Morgan fingerprint density at radius 3 is 2.67 bits per heavy atom. The number of hydrogen-bond donors (Lipinski definition) is 2. The second-order valence-electron chi connectivity index (χ2n) is 5.38. The Hall–Kier alpha value is -2.16. The standard InChI is InChI=1S/C15H29N7O2/c1-4-24-12-6-8-17-15(18-13-14(23)21(2)3)16-7-5-10-22-11-9-19-20-22/h9,11H,4-8,10,12-13H2,1-3H3,(H2,16,17,18). The van der Waals surface area contributed by atoms with Crippen LogP contribution in [-0.2, 0) is 16.1 Å². The van der Waals surface area contributed by atoms with E-state index in [0.29, 0.717) is 12.6 Å². The van der Waals surface area contributed by atoms with Gasteiger partial charge in [0.1, 0.15) is 6.54 Å². The average Bonchev–Trinajstić information content (AvgIpc) is 3.08. The van der Waals surface area contributed by atoms with Gasteiger partial charge in [0.25, 0.3) is 0 Å². The van der Waals surface area contributed by atoms with E-state index in [0.717, 1.165) is 39.1 Å². The highest BCUT2D eigenvalue weighted by atomic mass is 16.5. The SMILES string of the molecule is CCOCCCNC(=NCC(=O)N(C)C)NCCCn1ccnn1. The lowest BCUT2D eigenvalue weighted by Gasteiger charge is -2.13. The lowest BCUT2D eigenvalue weighted by Crippen LogP contribution is -2.40. The zero-order valence-corrected chi connectivity index (χ0v) is 14.9. The first-order chi connectivity index (χ1) is 11.6. The molecule has 9 nitrogen and oxygen atoms in total. The first kappa shape index (κ1) is 19.9. The lowest BCUT2D eigenvalue weighted by atomic mass is 10.4. The molecule has 1 aromatic heterocycles. The zero-order valence-electron chi connectivity index (χ0n) is 14.9. The molecule has 0 spiro atoms. The number of nitrogens with zero attached hydrogens (tertiary/aromatic N) is 5. The number of carbonyl (C=O) groups excluding carboxylic acids is 1. The molecule has 24 heavy (non-hydrogen) atoms. The highest BCUT2D eigenvalue weighted by Crippen LogP contribution is 1.87. The molecule has 0 unspecified atom stereocenters. The Balaban J connectivity index is 2.34. The number of aromatic nitrogens is 3. The molecule has 0 fully saturated rings. The van der Waals surface area contributed by atoms with Gasteiger partial charge in [-0.05, 0) is 19.8 Å². The van der Waals surface area contributed by atoms with E-state index >= 15 is 0 Å². The van der Waals surface area contributed by atoms with Gasteiger partial charge < -0.3 is 20.3 Å². The molecule has 0 atom stereocenters. The van der Waals surface area contributed by atoms with Crippen molar-refractivity contribution < 1.29 is 9.53 Å². The third-order valence-electron chi connectivity index (χ3n) is 3.16. The summed E-state index contributed by atoms with van der Waals surface area (Å²) >= 11 is 0. The number of guanidine groups is 1. The van der Waals surface area contributed by atoms with Gasteiger partial charge >= 0.3 is 0 Å². The topological polar surface area (TPSA) is 96.7 Å². The van der Waals surface area contributed by atoms with Gasteiger partial charge in [-0.1, -0.05) is 5.21 Å². The molecule has 1 aromatic rings. The normalized spacial score (nSPS) is 11.4. The maximum absolute atomic E-state index is 11.7. The predicted octanol–water partition coefficient (Wildman–Crippen LogP) is -0.282. The van der Waals surface area contributed by atoms with Crippen molar-refractivity contribution in [3.63, 3.8) is 0 Å². The summed E-state index contributed by atoms with van der Waals surface area (Å²) in [6.45, 7) is 5.78. The monoisotopic (exact) mass is 339 g/mol. The van der Waals surface area contributed by atoms with Gasteiger partial charge in [-0.15, -0.1) is 5.10 Å². The van der Waals surface area contributed by atoms with Crippen molar-refractivity contribution in [3.05, 3.63) is 12.4 Å². The molecule has 2 N–H and O–H groups in total. The van der Waals surface area contributed by atoms with E-state index in [4.69, 9.17) is 4.74 Å². The van der Waals surface area contributed by atoms with Gasteiger partial charge in [0.2, 0.25) is 5.91 Å². The molecule has 1 rings (SSSR count). The molecule has 1 amide bonds. The number of amides is 1. The number of nitrogens with one attached hydrogen (secondary N) is 2. The fourth-order valence-electron chi connectivity index (χ4n) is 1.79. The van der Waals surface area contributed by atoms with Crippen molar-refractivity contribution in [1.82, 2.24) is 30.5 Å². The summed E-state index contributed by atoms with van der Waals surface area (Å²) in [6, 6.07) is 0. The minimum Gasteiger partial charge on any atom is -0.382 e. The summed E-state index contributed by atoms with van der Waals surface area (Å²) in [5.74, 6) is 0.605. The molecule has 9 heteroatoms. The molecule has 0 aliphatic heterocycles. The van der Waals surface area contributed by atoms with E-state index in [1.165, 1.54) is 4.90 Å². The van der Waals surface area contributed by atoms with Crippen molar-refractivity contribution in [2.75, 3.05) is 46.9 Å². The van der Waals surface area contributed by atoms with Crippen LogP contribution >= 0.6 is 0 Å². The van der Waals surface area contributed by atoms with E-state index in [9.17, 15) is 4.79 Å². The smallest absolute Gasteiger partial charge is 0.243 e. The fraction of sp³-hybridized carbons (Fsp3) is 0.733. The molecule has 0 saturated carbocycles. The molecule has 0 saturated heterocycles. The van der Waals surface area contributed by atoms with Gasteiger partial charge in [-0.2, -0.15) is 0 Å². The molecule has 136 valence electrons. The summed E-state index contributed by atoms with van der Waals surface area (Å²) in [5, 5.41) is 14.1. The van der Waals surface area contributed by atoms with Crippen LogP contribution in [0.2, 0.25) is 0 Å². The molecule has 0 aromatic carbocycles. The largest absolute Gasteiger partial charge is 0.382 e. The summed E-state index contributed by atoms with van der Waals surface area (Å²) in [7, 11) is 3.44.